The van der Waals surface area contributed by atoms with Crippen LogP contribution in [0.25, 0.3) is 5.82 Å². The quantitative estimate of drug-likeness (QED) is 0.479. The molecule has 0 aliphatic heterocycles. The van der Waals surface area contributed by atoms with Gasteiger partial charge in [0.25, 0.3) is 0 Å². The van der Waals surface area contributed by atoms with Gasteiger partial charge in [0.1, 0.15) is 5.69 Å². The third kappa shape index (κ3) is 4.33. The highest BCUT2D eigenvalue weighted by molar-refractivity contribution is 6.06. The van der Waals surface area contributed by atoms with E-state index in [1.807, 2.05) is 0 Å². The topological polar surface area (TPSA) is 82.8 Å². The summed E-state index contributed by atoms with van der Waals surface area (Å²) < 4.78 is 82.3. The molecule has 0 saturated heterocycles. The summed E-state index contributed by atoms with van der Waals surface area (Å²) in [5, 5.41) is 3.53. The molecule has 0 N–H and O–H groups in total. The molecule has 0 unspecified atom stereocenters. The lowest BCUT2D eigenvalue weighted by molar-refractivity contribution is -0.141. The minimum atomic E-state index is -4.78. The zero-order valence-corrected chi connectivity index (χ0v) is 14.3. The van der Waals surface area contributed by atoms with Crippen molar-refractivity contribution in [2.45, 2.75) is 12.4 Å². The number of methoxy groups -OCH3 is 1. The van der Waals surface area contributed by atoms with Gasteiger partial charge in [0, 0.05) is 24.0 Å². The molecular formula is C16H9F6N5O2. The van der Waals surface area contributed by atoms with Crippen molar-refractivity contribution in [3.8, 4) is 11.7 Å². The van der Waals surface area contributed by atoms with E-state index in [0.717, 1.165) is 23.0 Å². The van der Waals surface area contributed by atoms with E-state index in [1.54, 1.807) is 0 Å². The number of carbonyl (C=O) groups is 1. The highest BCUT2D eigenvalue weighted by Crippen LogP contribution is 2.30. The first kappa shape index (κ1) is 20.2. The number of hydrogen-bond donors (Lipinski definition) is 0. The molecule has 29 heavy (non-hydrogen) atoms. The number of ketones is 1. The summed E-state index contributed by atoms with van der Waals surface area (Å²) in [6.07, 6.45) is -7.46. The Hall–Kier alpha value is -3.51. The van der Waals surface area contributed by atoms with Crippen molar-refractivity contribution < 1.29 is 35.9 Å². The molecule has 0 aromatic carbocycles. The van der Waals surface area contributed by atoms with Gasteiger partial charge >= 0.3 is 12.4 Å². The van der Waals surface area contributed by atoms with Crippen LogP contribution >= 0.6 is 0 Å². The van der Waals surface area contributed by atoms with E-state index in [-0.39, 0.29) is 11.7 Å². The van der Waals surface area contributed by atoms with Crippen LogP contribution in [0.4, 0.5) is 26.3 Å². The minimum Gasteiger partial charge on any atom is -0.481 e. The number of alkyl halides is 6. The second kappa shape index (κ2) is 7.14. The molecule has 13 heteroatoms. The molecule has 3 aromatic heterocycles. The summed E-state index contributed by atoms with van der Waals surface area (Å²) in [6.45, 7) is 0. The van der Waals surface area contributed by atoms with Crippen LogP contribution in [-0.4, -0.2) is 37.6 Å². The van der Waals surface area contributed by atoms with Crippen LogP contribution in [0, 0.1) is 0 Å². The lowest BCUT2D eigenvalue weighted by Crippen LogP contribution is -2.14. The Morgan fingerprint density at radius 2 is 1.79 bits per heavy atom. The Morgan fingerprint density at radius 1 is 1.07 bits per heavy atom. The molecule has 0 aliphatic rings. The normalized spacial score (nSPS) is 12.1. The third-order valence-corrected chi connectivity index (χ3v) is 3.56. The molecule has 0 spiro atoms. The molecule has 0 atom stereocenters. The first-order valence-electron chi connectivity index (χ1n) is 7.62. The first-order chi connectivity index (χ1) is 13.5. The lowest BCUT2D eigenvalue weighted by atomic mass is 10.1. The fraction of sp³-hybridized carbons (Fsp3) is 0.188. The molecule has 0 saturated carbocycles. The van der Waals surface area contributed by atoms with Crippen molar-refractivity contribution >= 4 is 5.78 Å². The molecule has 152 valence electrons. The highest BCUT2D eigenvalue weighted by atomic mass is 19.4. The third-order valence-electron chi connectivity index (χ3n) is 3.56. The number of nitrogens with zero attached hydrogens (tertiary/aromatic N) is 5. The molecule has 0 radical (unpaired) electrons. The van der Waals surface area contributed by atoms with Crippen molar-refractivity contribution in [1.29, 1.82) is 0 Å². The second-order valence-electron chi connectivity index (χ2n) is 5.52. The molecule has 3 heterocycles. The molecule has 0 aliphatic carbocycles. The largest absolute Gasteiger partial charge is 0.481 e. The minimum absolute atomic E-state index is 0.201. The van der Waals surface area contributed by atoms with Crippen LogP contribution in [0.1, 0.15) is 27.4 Å². The van der Waals surface area contributed by atoms with Gasteiger partial charge in [-0.05, 0) is 12.1 Å². The van der Waals surface area contributed by atoms with Gasteiger partial charge in [-0.15, -0.1) is 0 Å². The summed E-state index contributed by atoms with van der Waals surface area (Å²) >= 11 is 0. The second-order valence-corrected chi connectivity index (χ2v) is 5.52. The summed E-state index contributed by atoms with van der Waals surface area (Å²) in [7, 11) is 1.18. The summed E-state index contributed by atoms with van der Waals surface area (Å²) in [6, 6.07) is 2.65. The van der Waals surface area contributed by atoms with Crippen molar-refractivity contribution in [1.82, 2.24) is 24.7 Å². The number of rotatable bonds is 4. The van der Waals surface area contributed by atoms with E-state index in [1.165, 1.54) is 7.11 Å². The van der Waals surface area contributed by atoms with Crippen molar-refractivity contribution in [3.05, 3.63) is 59.4 Å². The van der Waals surface area contributed by atoms with Crippen LogP contribution in [0.5, 0.6) is 5.88 Å². The smallest absolute Gasteiger partial charge is 0.433 e. The van der Waals surface area contributed by atoms with Gasteiger partial charge < -0.3 is 4.74 Å². The Bertz CT molecular complexity index is 1060. The van der Waals surface area contributed by atoms with E-state index in [9.17, 15) is 31.1 Å². The zero-order valence-electron chi connectivity index (χ0n) is 14.3. The highest BCUT2D eigenvalue weighted by Gasteiger charge is 2.34. The van der Waals surface area contributed by atoms with Gasteiger partial charge in [-0.1, -0.05) is 0 Å². The van der Waals surface area contributed by atoms with Crippen LogP contribution in [-0.2, 0) is 12.4 Å². The number of carbonyl (C=O) groups excluding carboxylic acids is 1. The Labute approximate surface area is 158 Å². The Morgan fingerprint density at radius 3 is 2.38 bits per heavy atom. The van der Waals surface area contributed by atoms with Gasteiger partial charge in [0.15, 0.2) is 5.82 Å². The average Bonchev–Trinajstić information content (AvgIpc) is 3.17. The fourth-order valence-electron chi connectivity index (χ4n) is 2.19. The van der Waals surface area contributed by atoms with E-state index < -0.39 is 40.8 Å². The van der Waals surface area contributed by atoms with Crippen LogP contribution in [0.2, 0.25) is 0 Å². The summed E-state index contributed by atoms with van der Waals surface area (Å²) in [5.74, 6) is -2.06. The number of hydrogen-bond acceptors (Lipinski definition) is 6. The van der Waals surface area contributed by atoms with Gasteiger partial charge in [-0.3, -0.25) is 9.78 Å². The van der Waals surface area contributed by atoms with Gasteiger partial charge in [-0.2, -0.15) is 36.4 Å². The van der Waals surface area contributed by atoms with Crippen molar-refractivity contribution in [3.63, 3.8) is 0 Å². The summed E-state index contributed by atoms with van der Waals surface area (Å²) in [4.78, 5) is 23.3. The maximum absolute atomic E-state index is 12.8. The molecule has 0 fully saturated rings. The molecule has 0 bridgehead atoms. The maximum atomic E-state index is 12.8. The van der Waals surface area contributed by atoms with Crippen LogP contribution in [0.3, 0.4) is 0 Å². The van der Waals surface area contributed by atoms with E-state index in [4.69, 9.17) is 4.74 Å². The number of halogens is 6. The number of ether oxygens (including phenoxy) is 1. The van der Waals surface area contributed by atoms with E-state index >= 15 is 0 Å². The monoisotopic (exact) mass is 417 g/mol. The Kier molecular flexibility index (Phi) is 4.98. The molecule has 7 nitrogen and oxygen atoms in total. The number of pyridine rings is 1. The molecule has 0 amide bonds. The Balaban J connectivity index is 2.03. The van der Waals surface area contributed by atoms with Gasteiger partial charge in [-0.25, -0.2) is 9.67 Å². The van der Waals surface area contributed by atoms with Gasteiger partial charge in [0.2, 0.25) is 17.5 Å². The predicted octanol–water partition coefficient (Wildman–Crippen LogP) is 3.33. The molecule has 3 aromatic rings. The fourth-order valence-corrected chi connectivity index (χ4v) is 2.19. The standard InChI is InChI=1S/C16H9F6N5O2/c1-29-12-5-11(27-7-9(6-24-27)15(17,18)19)25-14(26-12)13(28)8-2-3-23-10(4-8)16(20,21)22/h2-7H,1H3. The van der Waals surface area contributed by atoms with E-state index in [2.05, 4.69) is 20.1 Å². The average molecular weight is 417 g/mol. The lowest BCUT2D eigenvalue weighted by Gasteiger charge is -2.09. The van der Waals surface area contributed by atoms with Crippen molar-refractivity contribution in [2.24, 2.45) is 0 Å². The molecular weight excluding hydrogens is 408 g/mol. The SMILES string of the molecule is COc1cc(-n2cc(C(F)(F)F)cn2)nc(C(=O)c2ccnc(C(F)(F)F)c2)n1. The number of aromatic nitrogens is 5. The zero-order chi connectivity index (χ0) is 21.4. The first-order valence-corrected chi connectivity index (χ1v) is 7.62. The maximum Gasteiger partial charge on any atom is 0.433 e. The predicted molar refractivity (Wildman–Crippen MR) is 83.4 cm³/mol. The van der Waals surface area contributed by atoms with Crippen LogP contribution in [0.15, 0.2) is 36.8 Å². The summed E-state index contributed by atoms with van der Waals surface area (Å²) in [5.41, 5.74) is -2.77. The van der Waals surface area contributed by atoms with Gasteiger partial charge in [0.05, 0.1) is 18.9 Å². The van der Waals surface area contributed by atoms with E-state index in [0.29, 0.717) is 18.5 Å². The van der Waals surface area contributed by atoms with Crippen molar-refractivity contribution in [2.75, 3.05) is 7.11 Å². The van der Waals surface area contributed by atoms with Crippen LogP contribution < -0.4 is 4.74 Å². The molecule has 3 rings (SSSR count).